The quantitative estimate of drug-likeness (QED) is 0.333. The second-order valence-electron chi connectivity index (χ2n) is 2.40. The third kappa shape index (κ3) is 3.47. The van der Waals surface area contributed by atoms with Crippen molar-refractivity contribution in [3.05, 3.63) is 18.2 Å². The molecule has 0 amide bonds. The van der Waals surface area contributed by atoms with Gasteiger partial charge in [-0.1, -0.05) is 0 Å². The first-order chi connectivity index (χ1) is 5.93. The largest absolute Gasteiger partial charge is 1.00 e. The molecule has 0 unspecified atom stereocenters. The van der Waals surface area contributed by atoms with Gasteiger partial charge in [0, 0.05) is 11.8 Å². The molecule has 7 heteroatoms. The molecule has 0 heterocycles. The fraction of sp³-hybridized carbons (Fsp3) is 0.143. The molecule has 72 valence electrons. The van der Waals surface area contributed by atoms with Crippen LogP contribution in [-0.4, -0.2) is 20.1 Å². The van der Waals surface area contributed by atoms with Crippen molar-refractivity contribution in [2.75, 3.05) is 12.8 Å². The summed E-state index contributed by atoms with van der Waals surface area (Å²) in [5.74, 6) is 0.245. The second-order valence-corrected chi connectivity index (χ2v) is 3.78. The summed E-state index contributed by atoms with van der Waals surface area (Å²) in [7, 11) is -3.11. The molecular weight excluding hydrogens is 217 g/mol. The van der Waals surface area contributed by atoms with E-state index in [-0.39, 0.29) is 45.9 Å². The molecule has 0 bridgehead atoms. The first kappa shape index (κ1) is 13.7. The molecule has 0 aliphatic carbocycles. The Labute approximate surface area is 104 Å². The second kappa shape index (κ2) is 4.99. The van der Waals surface area contributed by atoms with Gasteiger partial charge in [0.2, 0.25) is 0 Å². The van der Waals surface area contributed by atoms with E-state index in [1.807, 2.05) is 0 Å². The zero-order chi connectivity index (χ0) is 10.1. The van der Waals surface area contributed by atoms with E-state index in [0.717, 1.165) is 12.1 Å². The fourth-order valence-electron chi connectivity index (χ4n) is 0.856. The van der Waals surface area contributed by atoms with Crippen LogP contribution in [0.4, 0.5) is 5.69 Å². The van der Waals surface area contributed by atoms with Crippen molar-refractivity contribution in [1.29, 1.82) is 0 Å². The number of benzene rings is 1. The van der Waals surface area contributed by atoms with Crippen molar-refractivity contribution in [1.82, 2.24) is 0 Å². The van der Waals surface area contributed by atoms with E-state index in [9.17, 15) is 13.0 Å². The topological polar surface area (TPSA) is 92.5 Å². The van der Waals surface area contributed by atoms with Crippen molar-refractivity contribution in [3.8, 4) is 5.75 Å². The van der Waals surface area contributed by atoms with Gasteiger partial charge in [-0.25, -0.2) is 8.42 Å². The molecule has 0 radical (unpaired) electrons. The molecule has 2 N–H and O–H groups in total. The molecular formula is C7H8NNaO4S. The molecule has 0 aromatic heterocycles. The molecule has 0 aliphatic heterocycles. The molecule has 0 saturated carbocycles. The molecule has 14 heavy (non-hydrogen) atoms. The predicted molar refractivity (Wildman–Crippen MR) is 45.4 cm³/mol. The van der Waals surface area contributed by atoms with Gasteiger partial charge in [0.1, 0.15) is 15.9 Å². The van der Waals surface area contributed by atoms with Gasteiger partial charge in [0.05, 0.1) is 12.0 Å². The Bertz CT molecular complexity index is 418. The molecule has 0 fully saturated rings. The van der Waals surface area contributed by atoms with Crippen molar-refractivity contribution < 1.29 is 47.3 Å². The van der Waals surface area contributed by atoms with E-state index in [0.29, 0.717) is 0 Å². The van der Waals surface area contributed by atoms with E-state index in [4.69, 9.17) is 10.5 Å². The van der Waals surface area contributed by atoms with Crippen LogP contribution in [0.25, 0.3) is 0 Å². The first-order valence-corrected chi connectivity index (χ1v) is 4.75. The van der Waals surface area contributed by atoms with Gasteiger partial charge in [0.25, 0.3) is 0 Å². The summed E-state index contributed by atoms with van der Waals surface area (Å²) in [4.78, 5) is -0.385. The Morgan fingerprint density at radius 1 is 1.36 bits per heavy atom. The van der Waals surface area contributed by atoms with E-state index >= 15 is 0 Å². The fourth-order valence-corrected chi connectivity index (χ4v) is 1.40. The summed E-state index contributed by atoms with van der Waals surface area (Å²) in [6.07, 6.45) is 0. The van der Waals surface area contributed by atoms with E-state index in [1.165, 1.54) is 13.2 Å². The van der Waals surface area contributed by atoms with Gasteiger partial charge in [-0.05, 0) is 12.1 Å². The van der Waals surface area contributed by atoms with Crippen LogP contribution in [0.1, 0.15) is 0 Å². The number of nitrogen functional groups attached to an aromatic ring is 1. The van der Waals surface area contributed by atoms with Gasteiger partial charge in [-0.3, -0.25) is 0 Å². The van der Waals surface area contributed by atoms with Crippen LogP contribution < -0.4 is 40.0 Å². The summed E-state index contributed by atoms with van der Waals surface area (Å²) in [5, 5.41) is 0. The van der Waals surface area contributed by atoms with Crippen molar-refractivity contribution >= 4 is 15.8 Å². The normalized spacial score (nSPS) is 10.4. The van der Waals surface area contributed by atoms with Gasteiger partial charge >= 0.3 is 29.6 Å². The number of hydrogen-bond acceptors (Lipinski definition) is 5. The zero-order valence-electron chi connectivity index (χ0n) is 7.85. The van der Waals surface area contributed by atoms with Crippen LogP contribution in [0, 0.1) is 0 Å². The molecule has 1 rings (SSSR count). The number of rotatable bonds is 2. The Morgan fingerprint density at radius 2 is 1.93 bits per heavy atom. The van der Waals surface area contributed by atoms with Crippen molar-refractivity contribution in [3.63, 3.8) is 0 Å². The number of nitrogens with two attached hydrogens (primary N) is 1. The van der Waals surface area contributed by atoms with Crippen LogP contribution in [0.3, 0.4) is 0 Å². The summed E-state index contributed by atoms with van der Waals surface area (Å²) < 4.78 is 36.5. The molecule has 1 aromatic rings. The molecule has 0 spiro atoms. The van der Waals surface area contributed by atoms with E-state index in [2.05, 4.69) is 0 Å². The average molecular weight is 225 g/mol. The van der Waals surface area contributed by atoms with Crippen molar-refractivity contribution in [2.45, 2.75) is 4.90 Å². The predicted octanol–water partition coefficient (Wildman–Crippen LogP) is -2.81. The van der Waals surface area contributed by atoms with Gasteiger partial charge in [0.15, 0.2) is 0 Å². The Hall–Kier alpha value is -0.270. The minimum absolute atomic E-state index is 0. The van der Waals surface area contributed by atoms with Crippen LogP contribution in [0.15, 0.2) is 23.1 Å². The first-order valence-electron chi connectivity index (χ1n) is 3.34. The van der Waals surface area contributed by atoms with Crippen LogP contribution in [0.5, 0.6) is 5.75 Å². The maximum Gasteiger partial charge on any atom is 1.00 e. The zero-order valence-corrected chi connectivity index (χ0v) is 10.7. The Morgan fingerprint density at radius 3 is 2.36 bits per heavy atom. The monoisotopic (exact) mass is 225 g/mol. The smallest absolute Gasteiger partial charge is 0.744 e. The third-order valence-electron chi connectivity index (χ3n) is 1.43. The standard InChI is InChI=1S/C7H9NO4S.Na/c1-12-6-2-5(8)3-7(4-6)13(9,10)11;/h2-4H,8H2,1H3,(H,9,10,11);/q;+1/p-1. The number of ether oxygens (including phenoxy) is 1. The summed E-state index contributed by atoms with van der Waals surface area (Å²) >= 11 is 0. The maximum absolute atomic E-state index is 10.6. The molecule has 0 aliphatic rings. The van der Waals surface area contributed by atoms with Crippen LogP contribution in [-0.2, 0) is 10.1 Å². The SMILES string of the molecule is COc1cc(N)cc(S(=O)(=O)[O-])c1.[Na+]. The number of anilines is 1. The summed E-state index contributed by atoms with van der Waals surface area (Å²) in [6.45, 7) is 0. The van der Waals surface area contributed by atoms with Gasteiger partial charge in [-0.2, -0.15) is 0 Å². The van der Waals surface area contributed by atoms with Gasteiger partial charge < -0.3 is 15.0 Å². The Kier molecular flexibility index (Phi) is 4.90. The number of methoxy groups -OCH3 is 1. The molecule has 1 aromatic carbocycles. The Balaban J connectivity index is 0.00000169. The maximum atomic E-state index is 10.6. The van der Waals surface area contributed by atoms with Crippen LogP contribution in [0.2, 0.25) is 0 Å². The minimum atomic E-state index is -4.47. The van der Waals surface area contributed by atoms with E-state index in [1.54, 1.807) is 0 Å². The third-order valence-corrected chi connectivity index (χ3v) is 2.24. The summed E-state index contributed by atoms with van der Waals surface area (Å²) in [5.41, 5.74) is 5.52. The molecule has 5 nitrogen and oxygen atoms in total. The molecule has 0 atom stereocenters. The average Bonchev–Trinajstić information content (AvgIpc) is 2.01. The number of hydrogen-bond donors (Lipinski definition) is 1. The molecule has 0 saturated heterocycles. The summed E-state index contributed by atoms with van der Waals surface area (Å²) in [6, 6.07) is 3.64. The van der Waals surface area contributed by atoms with Gasteiger partial charge in [-0.15, -0.1) is 0 Å². The van der Waals surface area contributed by atoms with E-state index < -0.39 is 10.1 Å². The van der Waals surface area contributed by atoms with Crippen molar-refractivity contribution in [2.24, 2.45) is 0 Å². The van der Waals surface area contributed by atoms with Crippen LogP contribution >= 0.6 is 0 Å². The minimum Gasteiger partial charge on any atom is -0.744 e.